The van der Waals surface area contributed by atoms with Crippen LogP contribution in [0.1, 0.15) is 25.8 Å². The quantitative estimate of drug-likeness (QED) is 0.529. The number of para-hydroxylation sites is 1. The second-order valence-electron chi connectivity index (χ2n) is 7.42. The van der Waals surface area contributed by atoms with E-state index < -0.39 is 45.7 Å². The van der Waals surface area contributed by atoms with E-state index in [2.05, 4.69) is 5.10 Å². The second kappa shape index (κ2) is 7.79. The van der Waals surface area contributed by atoms with Crippen LogP contribution in [0.5, 0.6) is 0 Å². The maximum absolute atomic E-state index is 14.7. The first-order chi connectivity index (χ1) is 14.0. The average molecular weight is 426 g/mol. The zero-order valence-corrected chi connectivity index (χ0v) is 16.5. The van der Waals surface area contributed by atoms with Gasteiger partial charge in [0.1, 0.15) is 22.8 Å². The first-order valence-electron chi connectivity index (χ1n) is 9.07. The van der Waals surface area contributed by atoms with Crippen molar-refractivity contribution in [2.75, 3.05) is 7.11 Å². The second-order valence-corrected chi connectivity index (χ2v) is 7.42. The summed E-state index contributed by atoms with van der Waals surface area (Å²) in [6.07, 6.45) is -4.59. The number of aryl methyl sites for hydroxylation is 1. The molecule has 0 atom stereocenters. The van der Waals surface area contributed by atoms with Gasteiger partial charge in [0.15, 0.2) is 0 Å². The number of ether oxygens (including phenoxy) is 1. The van der Waals surface area contributed by atoms with Crippen LogP contribution in [0.3, 0.4) is 0 Å². The van der Waals surface area contributed by atoms with Gasteiger partial charge in [0.2, 0.25) is 5.43 Å². The van der Waals surface area contributed by atoms with Crippen LogP contribution in [-0.4, -0.2) is 22.5 Å². The number of nitrogens with zero attached hydrogens (tertiary/aromatic N) is 2. The van der Waals surface area contributed by atoms with Gasteiger partial charge in [-0.05, 0) is 44.5 Å². The summed E-state index contributed by atoms with van der Waals surface area (Å²) in [7, 11) is 1.50. The molecule has 0 saturated heterocycles. The summed E-state index contributed by atoms with van der Waals surface area (Å²) in [6.45, 7) is 3.68. The summed E-state index contributed by atoms with van der Waals surface area (Å²) in [5, 5.41) is 3.95. The lowest BCUT2D eigenvalue weighted by Gasteiger charge is -2.23. The number of hydrogen-bond acceptors (Lipinski definition) is 3. The number of halogens is 5. The Hall–Kier alpha value is -2.81. The number of rotatable bonds is 5. The van der Waals surface area contributed by atoms with E-state index in [1.54, 1.807) is 13.8 Å². The Labute approximate surface area is 168 Å². The van der Waals surface area contributed by atoms with Crippen molar-refractivity contribution in [3.8, 4) is 11.3 Å². The van der Waals surface area contributed by atoms with Gasteiger partial charge in [-0.25, -0.2) is 8.78 Å². The summed E-state index contributed by atoms with van der Waals surface area (Å²) >= 11 is 0. The van der Waals surface area contributed by atoms with Gasteiger partial charge < -0.3 is 4.74 Å². The fraction of sp³-hybridized carbons (Fsp3) is 0.333. The number of methoxy groups -OCH3 is 1. The highest BCUT2D eigenvalue weighted by Gasteiger charge is 2.35. The van der Waals surface area contributed by atoms with Crippen LogP contribution in [-0.2, 0) is 17.5 Å². The van der Waals surface area contributed by atoms with Crippen LogP contribution in [0.2, 0.25) is 0 Å². The molecule has 9 heteroatoms. The summed E-state index contributed by atoms with van der Waals surface area (Å²) in [5.41, 5.74) is -4.19. The molecule has 3 aromatic rings. The lowest BCUT2D eigenvalue weighted by molar-refractivity contribution is -0.139. The maximum atomic E-state index is 14.7. The van der Waals surface area contributed by atoms with Crippen LogP contribution in [0, 0.1) is 11.6 Å². The topological polar surface area (TPSA) is 44.1 Å². The molecule has 0 aliphatic rings. The summed E-state index contributed by atoms with van der Waals surface area (Å²) in [5.74, 6) is -2.32. The van der Waals surface area contributed by atoms with Crippen LogP contribution >= 0.6 is 0 Å². The average Bonchev–Trinajstić information content (AvgIpc) is 2.67. The maximum Gasteiger partial charge on any atom is 0.419 e. The molecule has 0 unspecified atom stereocenters. The fourth-order valence-electron chi connectivity index (χ4n) is 3.05. The molecule has 0 aliphatic carbocycles. The summed E-state index contributed by atoms with van der Waals surface area (Å²) in [6, 6.07) is 6.40. The van der Waals surface area contributed by atoms with E-state index in [1.807, 2.05) is 0 Å². The van der Waals surface area contributed by atoms with Gasteiger partial charge in [-0.2, -0.15) is 18.3 Å². The zero-order chi connectivity index (χ0) is 22.3. The predicted molar refractivity (Wildman–Crippen MR) is 102 cm³/mol. The Bertz CT molecular complexity index is 1150. The van der Waals surface area contributed by atoms with Gasteiger partial charge >= 0.3 is 6.18 Å². The lowest BCUT2D eigenvalue weighted by atomic mass is 10.0. The number of fused-ring (bicyclic) bond motifs is 1. The largest absolute Gasteiger partial charge is 0.419 e. The van der Waals surface area contributed by atoms with E-state index in [4.69, 9.17) is 4.74 Å². The molecular formula is C21H19F5N2O2. The van der Waals surface area contributed by atoms with E-state index in [0.29, 0.717) is 12.5 Å². The fourth-order valence-corrected chi connectivity index (χ4v) is 3.05. The Morgan fingerprint density at radius 3 is 2.37 bits per heavy atom. The van der Waals surface area contributed by atoms with Gasteiger partial charge in [-0.15, -0.1) is 0 Å². The highest BCUT2D eigenvalue weighted by molar-refractivity contribution is 5.83. The molecule has 0 radical (unpaired) electrons. The van der Waals surface area contributed by atoms with Crippen LogP contribution in [0.15, 0.2) is 41.2 Å². The van der Waals surface area contributed by atoms with Crippen molar-refractivity contribution in [2.45, 2.75) is 38.6 Å². The van der Waals surface area contributed by atoms with Gasteiger partial charge in [-0.1, -0.05) is 12.1 Å². The molecule has 0 saturated carbocycles. The highest BCUT2D eigenvalue weighted by atomic mass is 19.4. The molecule has 0 spiro atoms. The van der Waals surface area contributed by atoms with Gasteiger partial charge in [0.05, 0.1) is 16.6 Å². The lowest BCUT2D eigenvalue weighted by Crippen LogP contribution is -2.26. The van der Waals surface area contributed by atoms with Gasteiger partial charge in [0.25, 0.3) is 0 Å². The van der Waals surface area contributed by atoms with E-state index in [1.165, 1.54) is 23.9 Å². The number of hydrogen-bond donors (Lipinski definition) is 0. The molecule has 0 N–H and O–H groups in total. The molecule has 0 bridgehead atoms. The number of alkyl halides is 3. The first kappa shape index (κ1) is 21.9. The highest BCUT2D eigenvalue weighted by Crippen LogP contribution is 2.34. The summed E-state index contributed by atoms with van der Waals surface area (Å²) < 4.78 is 75.0. The molecule has 4 nitrogen and oxygen atoms in total. The van der Waals surface area contributed by atoms with Crippen molar-refractivity contribution in [3.05, 3.63) is 63.8 Å². The monoisotopic (exact) mass is 426 g/mol. The normalized spacial score (nSPS) is 12.5. The molecule has 0 amide bonds. The van der Waals surface area contributed by atoms with Gasteiger partial charge in [-0.3, -0.25) is 9.48 Å². The molecule has 1 aromatic heterocycles. The van der Waals surface area contributed by atoms with Crippen molar-refractivity contribution in [1.29, 1.82) is 0 Å². The molecule has 0 aliphatic heterocycles. The molecule has 3 rings (SSSR count). The third-order valence-corrected chi connectivity index (χ3v) is 4.96. The van der Waals surface area contributed by atoms with Crippen molar-refractivity contribution in [2.24, 2.45) is 0 Å². The van der Waals surface area contributed by atoms with Crippen molar-refractivity contribution in [1.82, 2.24) is 9.78 Å². The molecule has 1 heterocycles. The smallest absolute Gasteiger partial charge is 0.379 e. The molecule has 160 valence electrons. The SMILES string of the molecule is COC(C)(C)CCn1nc(-c2cccc(C(F)(F)F)c2F)c(=O)c2cccc(F)c21. The number of benzene rings is 2. The van der Waals surface area contributed by atoms with Crippen molar-refractivity contribution in [3.63, 3.8) is 0 Å². The summed E-state index contributed by atoms with van der Waals surface area (Å²) in [4.78, 5) is 12.9. The number of aromatic nitrogens is 2. The standard InChI is InChI=1S/C21H19F5N2O2/c1-20(2,30-3)10-11-28-18-13(7-5-9-15(18)22)19(29)17(27-28)12-6-4-8-14(16(12)23)21(24,25)26/h4-9H,10-11H2,1-3H3. The van der Waals surface area contributed by atoms with Gasteiger partial charge in [0, 0.05) is 19.2 Å². The molecule has 2 aromatic carbocycles. The predicted octanol–water partition coefficient (Wildman–Crippen LogP) is 5.18. The minimum Gasteiger partial charge on any atom is -0.379 e. The Balaban J connectivity index is 2.28. The minimum absolute atomic E-state index is 0.0894. The molecular weight excluding hydrogens is 407 g/mol. The van der Waals surface area contributed by atoms with E-state index in [9.17, 15) is 26.7 Å². The molecule has 30 heavy (non-hydrogen) atoms. The van der Waals surface area contributed by atoms with Crippen LogP contribution in [0.25, 0.3) is 22.2 Å². The Morgan fingerprint density at radius 1 is 1.07 bits per heavy atom. The van der Waals surface area contributed by atoms with Crippen LogP contribution < -0.4 is 5.43 Å². The zero-order valence-electron chi connectivity index (χ0n) is 16.5. The van der Waals surface area contributed by atoms with Crippen LogP contribution in [0.4, 0.5) is 22.0 Å². The Kier molecular flexibility index (Phi) is 5.68. The minimum atomic E-state index is -4.94. The van der Waals surface area contributed by atoms with Crippen molar-refractivity contribution < 1.29 is 26.7 Å². The van der Waals surface area contributed by atoms with E-state index in [0.717, 1.165) is 18.2 Å². The Morgan fingerprint density at radius 2 is 1.73 bits per heavy atom. The third-order valence-electron chi connectivity index (χ3n) is 4.96. The van der Waals surface area contributed by atoms with E-state index >= 15 is 0 Å². The van der Waals surface area contributed by atoms with E-state index in [-0.39, 0.29) is 17.4 Å². The molecule has 0 fully saturated rings. The first-order valence-corrected chi connectivity index (χ1v) is 9.07. The van der Waals surface area contributed by atoms with Crippen molar-refractivity contribution >= 4 is 10.9 Å². The third kappa shape index (κ3) is 4.07.